The number of nitrogens with one attached hydrogen (secondary N) is 1. The minimum atomic E-state index is -0.523. The summed E-state index contributed by atoms with van der Waals surface area (Å²) in [7, 11) is 0. The van der Waals surface area contributed by atoms with E-state index in [2.05, 4.69) is 29.6 Å². The van der Waals surface area contributed by atoms with Crippen LogP contribution >= 0.6 is 0 Å². The van der Waals surface area contributed by atoms with E-state index < -0.39 is 6.40 Å². The first-order valence-corrected chi connectivity index (χ1v) is 6.61. The highest BCUT2D eigenvalue weighted by molar-refractivity contribution is 5.31. The van der Waals surface area contributed by atoms with Crippen molar-refractivity contribution < 1.29 is 6.48 Å². The summed E-state index contributed by atoms with van der Waals surface area (Å²) in [6.07, 6.45) is -0.523. The van der Waals surface area contributed by atoms with E-state index in [0.29, 0.717) is 0 Å². The second kappa shape index (κ2) is 7.07. The molecule has 100 valence electrons. The topological polar surface area (TPSA) is 32.3 Å². The van der Waals surface area contributed by atoms with Gasteiger partial charge in [-0.1, -0.05) is 60.7 Å². The highest BCUT2D eigenvalue weighted by Crippen LogP contribution is 2.22. The molecule has 2 heteroatoms. The lowest BCUT2D eigenvalue weighted by Crippen LogP contribution is -2.32. The van der Waals surface area contributed by atoms with Gasteiger partial charge in [-0.2, -0.15) is 0 Å². The number of hydrogen-bond donors (Lipinski definition) is 2. The normalized spacial score (nSPS) is 15.0. The molecule has 0 unspecified atom stereocenters. The summed E-state index contributed by atoms with van der Waals surface area (Å²) >= 11 is 0. The Hall–Kier alpha value is -1.64. The summed E-state index contributed by atoms with van der Waals surface area (Å²) in [6, 6.07) is 20.3. The molecule has 0 amide bonds. The summed E-state index contributed by atoms with van der Waals surface area (Å²) in [4.78, 5) is 0. The third kappa shape index (κ3) is 3.91. The maximum absolute atomic E-state index is 9.13. The van der Waals surface area contributed by atoms with Gasteiger partial charge >= 0.3 is 0 Å². The molecule has 0 saturated carbocycles. The van der Waals surface area contributed by atoms with Gasteiger partial charge in [0.05, 0.1) is 6.04 Å². The van der Waals surface area contributed by atoms with E-state index in [0.717, 1.165) is 11.1 Å². The zero-order chi connectivity index (χ0) is 14.4. The van der Waals surface area contributed by atoms with Crippen molar-refractivity contribution in [1.29, 1.82) is 0 Å². The van der Waals surface area contributed by atoms with E-state index in [1.54, 1.807) is 0 Å². The quantitative estimate of drug-likeness (QED) is 0.832. The molecule has 19 heavy (non-hydrogen) atoms. The van der Waals surface area contributed by atoms with Crippen molar-refractivity contribution in [3.05, 3.63) is 71.8 Å². The average molecular weight is 256 g/mol. The molecule has 0 radical (unpaired) electrons. The van der Waals surface area contributed by atoms with Crippen molar-refractivity contribution in [1.82, 2.24) is 5.32 Å². The Morgan fingerprint density at radius 1 is 1.00 bits per heavy atom. The minimum Gasteiger partial charge on any atom is -0.396 e. The molecule has 0 heterocycles. The number of aliphatic hydroxyl groups is 1. The molecule has 0 aliphatic rings. The molecule has 2 aromatic rings. The van der Waals surface area contributed by atoms with Gasteiger partial charge in [0, 0.05) is 14.0 Å². The van der Waals surface area contributed by atoms with Crippen molar-refractivity contribution in [3.63, 3.8) is 0 Å². The van der Waals surface area contributed by atoms with Crippen LogP contribution in [0.5, 0.6) is 0 Å². The summed E-state index contributed by atoms with van der Waals surface area (Å²) in [5, 5.41) is 12.6. The van der Waals surface area contributed by atoms with Gasteiger partial charge < -0.3 is 10.4 Å². The van der Waals surface area contributed by atoms with Gasteiger partial charge in [0.25, 0.3) is 0 Å². The second-order valence-electron chi connectivity index (χ2n) is 4.63. The molecule has 0 saturated heterocycles. The molecule has 2 rings (SSSR count). The Balaban J connectivity index is 2.26. The van der Waals surface area contributed by atoms with E-state index >= 15 is 0 Å². The predicted molar refractivity (Wildman–Crippen MR) is 79.0 cm³/mol. The predicted octanol–water partition coefficient (Wildman–Crippen LogP) is 3.14. The maximum Gasteiger partial charge on any atom is 0.0578 e. The fraction of sp³-hybridized carbons (Fsp3) is 0.294. The fourth-order valence-corrected chi connectivity index (χ4v) is 2.16. The standard InChI is InChI=1S/C17H21NO/c1-14(12-13-19)18-17(15-8-4-2-5-9-15)16-10-6-3-7-11-16/h2-11,14,17-19H,12-13H2,1H3/t14-/m0/s1/i12D/t12-,14+/m1. The average Bonchev–Trinajstić information content (AvgIpc) is 2.53. The Labute approximate surface area is 116 Å². The molecule has 0 aromatic heterocycles. The van der Waals surface area contributed by atoms with Gasteiger partial charge in [-0.25, -0.2) is 0 Å². The summed E-state index contributed by atoms with van der Waals surface area (Å²) in [5.74, 6) is 0. The Morgan fingerprint density at radius 3 is 1.89 bits per heavy atom. The van der Waals surface area contributed by atoms with E-state index in [1.807, 2.05) is 43.3 Å². The van der Waals surface area contributed by atoms with E-state index in [4.69, 9.17) is 6.48 Å². The highest BCUT2D eigenvalue weighted by atomic mass is 16.3. The smallest absolute Gasteiger partial charge is 0.0578 e. The first kappa shape index (κ1) is 12.4. The van der Waals surface area contributed by atoms with Gasteiger partial charge in [0.1, 0.15) is 0 Å². The molecule has 0 aliphatic heterocycles. The number of rotatable bonds is 6. The van der Waals surface area contributed by atoms with Crippen molar-refractivity contribution in [2.75, 3.05) is 6.61 Å². The summed E-state index contributed by atoms with van der Waals surface area (Å²) < 4.78 is 7.83. The molecule has 0 bridgehead atoms. The van der Waals surface area contributed by atoms with Crippen LogP contribution in [-0.4, -0.2) is 17.8 Å². The number of aliphatic hydroxyl groups excluding tert-OH is 1. The monoisotopic (exact) mass is 256 g/mol. The molecule has 2 N–H and O–H groups in total. The van der Waals surface area contributed by atoms with E-state index in [-0.39, 0.29) is 18.7 Å². The zero-order valence-electron chi connectivity index (χ0n) is 12.2. The van der Waals surface area contributed by atoms with Gasteiger partial charge in [-0.05, 0) is 24.4 Å². The van der Waals surface area contributed by atoms with Crippen LogP contribution in [0.25, 0.3) is 0 Å². The lowest BCUT2D eigenvalue weighted by Gasteiger charge is -2.24. The molecule has 2 nitrogen and oxygen atoms in total. The lowest BCUT2D eigenvalue weighted by molar-refractivity contribution is 0.266. The Morgan fingerprint density at radius 2 is 1.47 bits per heavy atom. The molecular weight excluding hydrogens is 234 g/mol. The Kier molecular flexibility index (Phi) is 4.62. The molecule has 0 aliphatic carbocycles. The van der Waals surface area contributed by atoms with Crippen molar-refractivity contribution >= 4 is 0 Å². The van der Waals surface area contributed by atoms with Gasteiger partial charge in [-0.15, -0.1) is 0 Å². The van der Waals surface area contributed by atoms with Crippen molar-refractivity contribution in [2.24, 2.45) is 0 Å². The van der Waals surface area contributed by atoms with Crippen LogP contribution in [0, 0.1) is 0 Å². The summed E-state index contributed by atoms with van der Waals surface area (Å²) in [5.41, 5.74) is 2.33. The van der Waals surface area contributed by atoms with Crippen LogP contribution < -0.4 is 5.32 Å². The van der Waals surface area contributed by atoms with Crippen LogP contribution in [0.4, 0.5) is 0 Å². The Bertz CT molecular complexity index is 463. The van der Waals surface area contributed by atoms with Crippen LogP contribution in [0.15, 0.2) is 60.7 Å². The molecule has 2 atom stereocenters. The molecule has 0 fully saturated rings. The minimum absolute atomic E-state index is 0.0341. The van der Waals surface area contributed by atoms with Crippen molar-refractivity contribution in [2.45, 2.75) is 25.4 Å². The SMILES string of the molecule is [2H][C@H](CO)[C@H](C)NC(c1ccccc1)c1ccccc1. The molecule has 2 aromatic carbocycles. The first-order valence-electron chi connectivity index (χ1n) is 7.19. The van der Waals surface area contributed by atoms with Crippen LogP contribution in [0.3, 0.4) is 0 Å². The molecule has 0 spiro atoms. The third-order valence-corrected chi connectivity index (χ3v) is 3.15. The van der Waals surface area contributed by atoms with Gasteiger partial charge in [-0.3, -0.25) is 0 Å². The maximum atomic E-state index is 9.13. The zero-order valence-corrected chi connectivity index (χ0v) is 11.2. The fourth-order valence-electron chi connectivity index (χ4n) is 2.16. The van der Waals surface area contributed by atoms with E-state index in [1.165, 1.54) is 0 Å². The van der Waals surface area contributed by atoms with Gasteiger partial charge in [0.2, 0.25) is 0 Å². The lowest BCUT2D eigenvalue weighted by atomic mass is 9.97. The summed E-state index contributed by atoms with van der Waals surface area (Å²) in [6.45, 7) is 1.80. The number of benzene rings is 2. The van der Waals surface area contributed by atoms with Crippen LogP contribution in [-0.2, 0) is 0 Å². The van der Waals surface area contributed by atoms with Crippen LogP contribution in [0.1, 0.15) is 31.9 Å². The highest BCUT2D eigenvalue weighted by Gasteiger charge is 2.15. The second-order valence-corrected chi connectivity index (χ2v) is 4.63. The van der Waals surface area contributed by atoms with E-state index in [9.17, 15) is 0 Å². The first-order chi connectivity index (χ1) is 9.72. The van der Waals surface area contributed by atoms with Crippen molar-refractivity contribution in [3.8, 4) is 0 Å². The van der Waals surface area contributed by atoms with Gasteiger partial charge in [0.15, 0.2) is 0 Å². The largest absolute Gasteiger partial charge is 0.396 e. The van der Waals surface area contributed by atoms with Crippen LogP contribution in [0.2, 0.25) is 0 Å². The molecular formula is C17H21NO. The third-order valence-electron chi connectivity index (χ3n) is 3.15. The number of hydrogen-bond acceptors (Lipinski definition) is 2.